The molecule has 0 N–H and O–H groups in total. The van der Waals surface area contributed by atoms with Crippen LogP contribution in [0.15, 0.2) is 69.9 Å². The van der Waals surface area contributed by atoms with Crippen molar-refractivity contribution >= 4 is 62.8 Å². The molecule has 6 rings (SSSR count). The Kier molecular flexibility index (Phi) is 5.85. The number of thiocarbonyl (C=S) groups is 1. The molecule has 0 bridgehead atoms. The minimum Gasteiger partial charge on any atom is -0.454 e. The van der Waals surface area contributed by atoms with E-state index in [1.54, 1.807) is 60.9 Å². The van der Waals surface area contributed by atoms with E-state index in [4.69, 9.17) is 33.1 Å². The van der Waals surface area contributed by atoms with Crippen LogP contribution in [0.4, 0.5) is 0 Å². The molecule has 1 aliphatic rings. The molecule has 1 amide bonds. The van der Waals surface area contributed by atoms with Crippen LogP contribution in [0.25, 0.3) is 33.3 Å². The van der Waals surface area contributed by atoms with Crippen LogP contribution in [0, 0.1) is 5.41 Å². The number of fused-ring (bicyclic) bond motifs is 4. The van der Waals surface area contributed by atoms with Gasteiger partial charge in [0, 0.05) is 29.3 Å². The predicted molar refractivity (Wildman–Crippen MR) is 147 cm³/mol. The fourth-order valence-corrected chi connectivity index (χ4v) is 5.10. The van der Waals surface area contributed by atoms with Gasteiger partial charge in [-0.1, -0.05) is 37.6 Å². The number of rotatable bonds is 6. The van der Waals surface area contributed by atoms with Crippen molar-refractivity contribution in [3.8, 4) is 11.3 Å². The Bertz CT molecular complexity index is 1870. The lowest BCUT2D eigenvalue weighted by molar-refractivity contribution is -0.149. The maximum absolute atomic E-state index is 13.3. The van der Waals surface area contributed by atoms with E-state index in [1.807, 2.05) is 18.2 Å². The van der Waals surface area contributed by atoms with E-state index in [1.165, 1.54) is 4.90 Å². The number of amides is 1. The molecule has 0 saturated heterocycles. The first-order valence-electron chi connectivity index (χ1n) is 11.9. The average Bonchev–Trinajstić information content (AvgIpc) is 3.52. The number of carbonyl (C=O) groups is 2. The van der Waals surface area contributed by atoms with E-state index in [9.17, 15) is 14.4 Å². The molecule has 196 valence electrons. The highest BCUT2D eigenvalue weighted by molar-refractivity contribution is 7.80. The maximum atomic E-state index is 13.3. The standard InChI is InChI=1S/C27H20ClN5O5S/c1-27(2,13-23(34)38-33-24(35)17-5-3-4-6-18(17)29-30-33)14-31-25(36)20-12-22-19(32(20)26(31)39)11-21(37-22)15-7-9-16(28)10-8-15/h3-12H,13-14H2,1-2H3. The molecule has 0 aliphatic carbocycles. The maximum Gasteiger partial charge on any atom is 0.335 e. The number of hydrogen-bond acceptors (Lipinski definition) is 8. The van der Waals surface area contributed by atoms with Gasteiger partial charge in [0.25, 0.3) is 5.91 Å². The number of aromatic nitrogens is 4. The first kappa shape index (κ1) is 25.0. The van der Waals surface area contributed by atoms with E-state index in [0.717, 1.165) is 5.56 Å². The molecular formula is C27H20ClN5O5S. The monoisotopic (exact) mass is 561 g/mol. The smallest absolute Gasteiger partial charge is 0.335 e. The highest BCUT2D eigenvalue weighted by Crippen LogP contribution is 2.35. The van der Waals surface area contributed by atoms with Gasteiger partial charge in [0.05, 0.1) is 17.3 Å². The number of benzene rings is 2. The molecule has 3 aromatic heterocycles. The molecule has 0 unspecified atom stereocenters. The average molecular weight is 562 g/mol. The lowest BCUT2D eigenvalue weighted by atomic mass is 9.89. The number of hydrogen-bond donors (Lipinski definition) is 0. The van der Waals surface area contributed by atoms with Crippen LogP contribution in [0.5, 0.6) is 0 Å². The van der Waals surface area contributed by atoms with Crippen molar-refractivity contribution in [1.29, 1.82) is 0 Å². The van der Waals surface area contributed by atoms with E-state index in [2.05, 4.69) is 10.3 Å². The Labute approximate surface area is 231 Å². The Morgan fingerprint density at radius 2 is 1.85 bits per heavy atom. The summed E-state index contributed by atoms with van der Waals surface area (Å²) < 4.78 is 7.65. The third-order valence-corrected chi connectivity index (χ3v) is 7.10. The van der Waals surface area contributed by atoms with Crippen molar-refractivity contribution in [3.05, 3.63) is 81.7 Å². The number of furan rings is 1. The number of nitrogens with zero attached hydrogens (tertiary/aromatic N) is 5. The lowest BCUT2D eigenvalue weighted by Gasteiger charge is -2.28. The summed E-state index contributed by atoms with van der Waals surface area (Å²) in [7, 11) is 0. The van der Waals surface area contributed by atoms with E-state index < -0.39 is 16.9 Å². The van der Waals surface area contributed by atoms with Crippen molar-refractivity contribution in [2.24, 2.45) is 5.41 Å². The van der Waals surface area contributed by atoms with Gasteiger partial charge in [-0.25, -0.2) is 4.79 Å². The summed E-state index contributed by atoms with van der Waals surface area (Å²) in [6.45, 7) is 3.75. The third kappa shape index (κ3) is 4.39. The molecule has 0 fully saturated rings. The van der Waals surface area contributed by atoms with Gasteiger partial charge in [-0.05, 0) is 64.1 Å². The fourth-order valence-electron chi connectivity index (χ4n) is 4.63. The van der Waals surface area contributed by atoms with Gasteiger partial charge in [-0.15, -0.1) is 5.10 Å². The van der Waals surface area contributed by atoms with Crippen LogP contribution in [0.1, 0.15) is 30.8 Å². The Balaban J connectivity index is 1.19. The molecule has 0 atom stereocenters. The van der Waals surface area contributed by atoms with E-state index in [-0.39, 0.29) is 29.4 Å². The second-order valence-corrected chi connectivity index (χ2v) is 10.8. The number of carbonyl (C=O) groups excluding carboxylic acids is 2. The van der Waals surface area contributed by atoms with Crippen LogP contribution in [-0.4, -0.2) is 48.2 Å². The third-order valence-electron chi connectivity index (χ3n) is 6.44. The normalized spacial score (nSPS) is 13.5. The molecule has 2 aromatic carbocycles. The predicted octanol–water partition coefficient (Wildman–Crippen LogP) is 4.32. The van der Waals surface area contributed by atoms with Gasteiger partial charge >= 0.3 is 11.5 Å². The number of halogens is 1. The quantitative estimate of drug-likeness (QED) is 0.222. The second-order valence-electron chi connectivity index (χ2n) is 9.99. The first-order valence-corrected chi connectivity index (χ1v) is 12.7. The van der Waals surface area contributed by atoms with Gasteiger partial charge in [0.2, 0.25) is 0 Å². The summed E-state index contributed by atoms with van der Waals surface area (Å²) in [5.74, 6) is -0.373. The zero-order chi connectivity index (χ0) is 27.5. The molecule has 10 nitrogen and oxygen atoms in total. The van der Waals surface area contributed by atoms with Gasteiger partial charge in [0.15, 0.2) is 10.7 Å². The van der Waals surface area contributed by atoms with Crippen LogP contribution in [0.2, 0.25) is 5.02 Å². The molecule has 12 heteroatoms. The van der Waals surface area contributed by atoms with Gasteiger partial charge in [0.1, 0.15) is 17.0 Å². The second kappa shape index (κ2) is 9.14. The van der Waals surface area contributed by atoms with Gasteiger partial charge in [-0.3, -0.25) is 19.1 Å². The topological polar surface area (TPSA) is 112 Å². The molecule has 1 aliphatic heterocycles. The van der Waals surface area contributed by atoms with Crippen molar-refractivity contribution < 1.29 is 18.8 Å². The van der Waals surface area contributed by atoms with Crippen LogP contribution in [0.3, 0.4) is 0 Å². The van der Waals surface area contributed by atoms with Crippen LogP contribution < -0.4 is 10.4 Å². The largest absolute Gasteiger partial charge is 0.454 e. The summed E-state index contributed by atoms with van der Waals surface area (Å²) >= 11 is 11.7. The molecule has 0 saturated carbocycles. The molecule has 0 radical (unpaired) electrons. The Hall–Kier alpha value is -4.35. The Morgan fingerprint density at radius 1 is 1.10 bits per heavy atom. The summed E-state index contributed by atoms with van der Waals surface area (Å²) in [6, 6.07) is 17.4. The van der Waals surface area contributed by atoms with E-state index >= 15 is 0 Å². The zero-order valence-electron chi connectivity index (χ0n) is 20.8. The highest BCUT2D eigenvalue weighted by atomic mass is 35.5. The SMILES string of the molecule is CC(C)(CC(=O)On1nnc2ccccc2c1=O)CN1C(=O)c2cc3oc(-c4ccc(Cl)cc4)cc3n2C1=S. The molecule has 5 aromatic rings. The summed E-state index contributed by atoms with van der Waals surface area (Å²) in [5.41, 5.74) is 1.48. The summed E-state index contributed by atoms with van der Waals surface area (Å²) in [4.78, 5) is 45.8. The van der Waals surface area contributed by atoms with Crippen molar-refractivity contribution in [2.75, 3.05) is 6.54 Å². The lowest BCUT2D eigenvalue weighted by Crippen LogP contribution is -2.41. The van der Waals surface area contributed by atoms with E-state index in [0.29, 0.717) is 37.9 Å². The van der Waals surface area contributed by atoms with Crippen LogP contribution >= 0.6 is 23.8 Å². The van der Waals surface area contributed by atoms with Gasteiger partial charge in [-0.2, -0.15) is 0 Å². The first-order chi connectivity index (χ1) is 18.6. The van der Waals surface area contributed by atoms with Crippen molar-refractivity contribution in [2.45, 2.75) is 20.3 Å². The Morgan fingerprint density at radius 3 is 2.62 bits per heavy atom. The molecule has 4 heterocycles. The zero-order valence-corrected chi connectivity index (χ0v) is 22.3. The molecule has 0 spiro atoms. The molecule has 39 heavy (non-hydrogen) atoms. The minimum atomic E-state index is -0.751. The molecular weight excluding hydrogens is 542 g/mol. The van der Waals surface area contributed by atoms with Crippen molar-refractivity contribution in [3.63, 3.8) is 0 Å². The minimum absolute atomic E-state index is 0.114. The highest BCUT2D eigenvalue weighted by Gasteiger charge is 2.39. The summed E-state index contributed by atoms with van der Waals surface area (Å²) in [5, 5.41) is 8.78. The summed E-state index contributed by atoms with van der Waals surface area (Å²) in [6.07, 6.45) is -0.114. The van der Waals surface area contributed by atoms with Gasteiger partial charge < -0.3 is 9.25 Å². The van der Waals surface area contributed by atoms with Crippen molar-refractivity contribution in [1.82, 2.24) is 24.6 Å². The fraction of sp³-hybridized carbons (Fsp3) is 0.185. The van der Waals surface area contributed by atoms with Crippen LogP contribution in [-0.2, 0) is 4.79 Å².